The van der Waals surface area contributed by atoms with Crippen LogP contribution >= 0.6 is 27.5 Å². The van der Waals surface area contributed by atoms with Gasteiger partial charge in [-0.2, -0.15) is 0 Å². The molecular formula is C11H11BrClFN2O3. The van der Waals surface area contributed by atoms with Crippen LogP contribution in [-0.2, 0) is 4.79 Å². The molecule has 0 heterocycles. The number of halogens is 3. The molecule has 0 atom stereocenters. The van der Waals surface area contributed by atoms with E-state index in [1.807, 2.05) is 0 Å². The second-order valence-electron chi connectivity index (χ2n) is 3.74. The summed E-state index contributed by atoms with van der Waals surface area (Å²) in [6.07, 6.45) is -0.164. The van der Waals surface area contributed by atoms with Crippen molar-refractivity contribution < 1.29 is 19.1 Å². The molecule has 0 radical (unpaired) electrons. The highest BCUT2D eigenvalue weighted by atomic mass is 79.9. The molecule has 0 unspecified atom stereocenters. The molecule has 0 spiro atoms. The molecule has 5 nitrogen and oxygen atoms in total. The normalized spacial score (nSPS) is 10.1. The summed E-state index contributed by atoms with van der Waals surface area (Å²) in [6.45, 7) is 0.0532. The summed E-state index contributed by atoms with van der Waals surface area (Å²) < 4.78 is 13.3. The zero-order chi connectivity index (χ0) is 14.6. The molecule has 0 aliphatic rings. The second kappa shape index (κ2) is 6.72. The highest BCUT2D eigenvalue weighted by Crippen LogP contribution is 2.31. The number of urea groups is 1. The zero-order valence-corrected chi connectivity index (χ0v) is 12.3. The standard InChI is InChI=1S/C11H11BrClFN2O3/c1-16(3-2-9(17)18)11(19)15-10-7(12)4-6(14)5-8(10)13/h4-5H,2-3H2,1H3,(H,15,19)(H,17,18). The van der Waals surface area contributed by atoms with Crippen molar-refractivity contribution in [3.8, 4) is 0 Å². The smallest absolute Gasteiger partial charge is 0.321 e. The van der Waals surface area contributed by atoms with Crippen LogP contribution in [-0.4, -0.2) is 35.6 Å². The van der Waals surface area contributed by atoms with Gasteiger partial charge in [-0.1, -0.05) is 11.6 Å². The third-order valence-corrected chi connectivity index (χ3v) is 3.17. The Balaban J connectivity index is 2.74. The van der Waals surface area contributed by atoms with E-state index < -0.39 is 17.8 Å². The number of nitrogens with zero attached hydrogens (tertiary/aromatic N) is 1. The first-order chi connectivity index (χ1) is 8.81. The van der Waals surface area contributed by atoms with Crippen LogP contribution in [0.15, 0.2) is 16.6 Å². The number of rotatable bonds is 4. The molecule has 0 aliphatic heterocycles. The molecule has 0 saturated heterocycles. The number of carboxylic acid groups (broad SMARTS) is 1. The Morgan fingerprint density at radius 2 is 2.16 bits per heavy atom. The van der Waals surface area contributed by atoms with Crippen molar-refractivity contribution in [1.29, 1.82) is 0 Å². The Morgan fingerprint density at radius 1 is 1.53 bits per heavy atom. The number of aliphatic carboxylic acids is 1. The van der Waals surface area contributed by atoms with Gasteiger partial charge in [0.1, 0.15) is 5.82 Å². The molecule has 1 rings (SSSR count). The van der Waals surface area contributed by atoms with Gasteiger partial charge in [0.2, 0.25) is 0 Å². The molecule has 19 heavy (non-hydrogen) atoms. The fourth-order valence-corrected chi connectivity index (χ4v) is 2.13. The summed E-state index contributed by atoms with van der Waals surface area (Å²) >= 11 is 8.90. The van der Waals surface area contributed by atoms with Gasteiger partial charge < -0.3 is 15.3 Å². The molecule has 0 fully saturated rings. The number of carbonyl (C=O) groups is 2. The van der Waals surface area contributed by atoms with Crippen LogP contribution in [0, 0.1) is 5.82 Å². The molecule has 104 valence electrons. The number of anilines is 1. The van der Waals surface area contributed by atoms with Gasteiger partial charge in [-0.3, -0.25) is 4.79 Å². The van der Waals surface area contributed by atoms with Crippen molar-refractivity contribution >= 4 is 45.2 Å². The van der Waals surface area contributed by atoms with Crippen LogP contribution in [0.3, 0.4) is 0 Å². The predicted octanol–water partition coefficient (Wildman–Crippen LogP) is 3.18. The number of nitrogens with one attached hydrogen (secondary N) is 1. The topological polar surface area (TPSA) is 69.6 Å². The number of hydrogen-bond acceptors (Lipinski definition) is 2. The number of hydrogen-bond donors (Lipinski definition) is 2. The lowest BCUT2D eigenvalue weighted by atomic mass is 10.3. The molecular weight excluding hydrogens is 342 g/mol. The Hall–Kier alpha value is -1.34. The van der Waals surface area contributed by atoms with E-state index in [1.165, 1.54) is 18.0 Å². The SMILES string of the molecule is CN(CCC(=O)O)C(=O)Nc1c(Cl)cc(F)cc1Br. The van der Waals surface area contributed by atoms with E-state index in [4.69, 9.17) is 16.7 Å². The van der Waals surface area contributed by atoms with Crippen LogP contribution < -0.4 is 5.32 Å². The Labute approximate surface area is 122 Å². The summed E-state index contributed by atoms with van der Waals surface area (Å²) in [5.41, 5.74) is 0.232. The van der Waals surface area contributed by atoms with Gasteiger partial charge >= 0.3 is 12.0 Å². The molecule has 0 aromatic heterocycles. The van der Waals surface area contributed by atoms with Crippen molar-refractivity contribution in [3.63, 3.8) is 0 Å². The van der Waals surface area contributed by atoms with Gasteiger partial charge in [0.05, 0.1) is 17.1 Å². The fraction of sp³-hybridized carbons (Fsp3) is 0.273. The van der Waals surface area contributed by atoms with E-state index in [-0.39, 0.29) is 23.7 Å². The van der Waals surface area contributed by atoms with Gasteiger partial charge in [-0.25, -0.2) is 9.18 Å². The summed E-state index contributed by atoms with van der Waals surface area (Å²) in [5.74, 6) is -1.53. The van der Waals surface area contributed by atoms with Crippen molar-refractivity contribution in [2.75, 3.05) is 18.9 Å². The minimum absolute atomic E-state index is 0.0480. The monoisotopic (exact) mass is 352 g/mol. The highest BCUT2D eigenvalue weighted by molar-refractivity contribution is 9.10. The highest BCUT2D eigenvalue weighted by Gasteiger charge is 2.15. The van der Waals surface area contributed by atoms with E-state index in [0.717, 1.165) is 6.07 Å². The van der Waals surface area contributed by atoms with E-state index in [9.17, 15) is 14.0 Å². The average Bonchev–Trinajstić information content (AvgIpc) is 2.30. The van der Waals surface area contributed by atoms with Gasteiger partial charge in [0.15, 0.2) is 0 Å². The van der Waals surface area contributed by atoms with Crippen LogP contribution in [0.5, 0.6) is 0 Å². The minimum Gasteiger partial charge on any atom is -0.481 e. The Bertz CT molecular complexity index is 490. The molecule has 0 saturated carbocycles. The summed E-state index contributed by atoms with van der Waals surface area (Å²) in [4.78, 5) is 23.4. The third kappa shape index (κ3) is 4.68. The van der Waals surface area contributed by atoms with Crippen molar-refractivity contribution in [2.24, 2.45) is 0 Å². The Kier molecular flexibility index (Phi) is 5.56. The maximum atomic E-state index is 13.0. The van der Waals surface area contributed by atoms with Crippen molar-refractivity contribution in [3.05, 3.63) is 27.4 Å². The van der Waals surface area contributed by atoms with Gasteiger partial charge in [0, 0.05) is 18.1 Å². The largest absolute Gasteiger partial charge is 0.481 e. The van der Waals surface area contributed by atoms with Gasteiger partial charge in [0.25, 0.3) is 0 Å². The molecule has 0 bridgehead atoms. The molecule has 2 N–H and O–H groups in total. The third-order valence-electron chi connectivity index (χ3n) is 2.25. The predicted molar refractivity (Wildman–Crippen MR) is 73.0 cm³/mol. The van der Waals surface area contributed by atoms with Crippen molar-refractivity contribution in [1.82, 2.24) is 4.90 Å². The lowest BCUT2D eigenvalue weighted by molar-refractivity contribution is -0.137. The number of carboxylic acids is 1. The molecule has 8 heteroatoms. The van der Waals surface area contributed by atoms with Gasteiger partial charge in [-0.15, -0.1) is 0 Å². The van der Waals surface area contributed by atoms with Crippen molar-refractivity contribution in [2.45, 2.75) is 6.42 Å². The maximum Gasteiger partial charge on any atom is 0.321 e. The van der Waals surface area contributed by atoms with E-state index in [0.29, 0.717) is 4.47 Å². The first kappa shape index (κ1) is 15.7. The zero-order valence-electron chi connectivity index (χ0n) is 9.91. The molecule has 0 aliphatic carbocycles. The summed E-state index contributed by atoms with van der Waals surface area (Å²) in [7, 11) is 1.45. The lowest BCUT2D eigenvalue weighted by Crippen LogP contribution is -2.33. The lowest BCUT2D eigenvalue weighted by Gasteiger charge is -2.18. The van der Waals surface area contributed by atoms with Crippen LogP contribution in [0.1, 0.15) is 6.42 Å². The van der Waals surface area contributed by atoms with E-state index in [1.54, 1.807) is 0 Å². The van der Waals surface area contributed by atoms with E-state index in [2.05, 4.69) is 21.2 Å². The molecule has 1 aromatic carbocycles. The summed E-state index contributed by atoms with van der Waals surface area (Å²) in [6, 6.07) is 1.70. The molecule has 1 aromatic rings. The first-order valence-corrected chi connectivity index (χ1v) is 6.37. The van der Waals surface area contributed by atoms with Crippen LogP contribution in [0.2, 0.25) is 5.02 Å². The quantitative estimate of drug-likeness (QED) is 0.873. The van der Waals surface area contributed by atoms with Gasteiger partial charge in [-0.05, 0) is 28.1 Å². The van der Waals surface area contributed by atoms with Crippen LogP contribution in [0.4, 0.5) is 14.9 Å². The second-order valence-corrected chi connectivity index (χ2v) is 5.00. The number of benzene rings is 1. The van der Waals surface area contributed by atoms with E-state index >= 15 is 0 Å². The fourth-order valence-electron chi connectivity index (χ4n) is 1.23. The molecule has 2 amide bonds. The summed E-state index contributed by atoms with van der Waals surface area (Å²) in [5, 5.41) is 11.0. The maximum absolute atomic E-state index is 13.0. The minimum atomic E-state index is -0.999. The number of carbonyl (C=O) groups excluding carboxylic acids is 1. The Morgan fingerprint density at radius 3 is 2.68 bits per heavy atom. The average molecular weight is 354 g/mol. The first-order valence-electron chi connectivity index (χ1n) is 5.19. The van der Waals surface area contributed by atoms with Crippen LogP contribution in [0.25, 0.3) is 0 Å². The number of amides is 2.